The number of nitrogens with one attached hydrogen (secondary N) is 1. The molecule has 5 nitrogen and oxygen atoms in total. The largest absolute Gasteiger partial charge is 0.464 e. The van der Waals surface area contributed by atoms with Gasteiger partial charge in [0, 0.05) is 18.1 Å². The quantitative estimate of drug-likeness (QED) is 0.795. The summed E-state index contributed by atoms with van der Waals surface area (Å²) in [6.45, 7) is 1.28. The molecule has 1 amide bonds. The molecule has 0 bridgehead atoms. The van der Waals surface area contributed by atoms with Gasteiger partial charge < -0.3 is 9.73 Å². The molecule has 0 atom stereocenters. The molecule has 3 rings (SSSR count). The van der Waals surface area contributed by atoms with Gasteiger partial charge in [-0.25, -0.2) is 0 Å². The van der Waals surface area contributed by atoms with Gasteiger partial charge in [-0.3, -0.25) is 9.48 Å². The van der Waals surface area contributed by atoms with Crippen LogP contribution in [0.3, 0.4) is 0 Å². The van der Waals surface area contributed by atoms with Crippen molar-refractivity contribution in [2.24, 2.45) is 0 Å². The number of rotatable bonds is 4. The minimum absolute atomic E-state index is 0.0153. The third-order valence-electron chi connectivity index (χ3n) is 3.58. The van der Waals surface area contributed by atoms with E-state index in [2.05, 4.69) is 10.4 Å². The standard InChI is InChI=1S/C16H14F3N3O2/c1-10-8-22(21-15(10)16(17,18)19)9-14(23)20-7-11-3-2-4-13-12(11)5-6-24-13/h2-6,8H,7,9H2,1H3,(H,20,23). The molecule has 0 aliphatic carbocycles. The van der Waals surface area contributed by atoms with Crippen molar-refractivity contribution in [1.29, 1.82) is 0 Å². The van der Waals surface area contributed by atoms with E-state index in [4.69, 9.17) is 4.42 Å². The van der Waals surface area contributed by atoms with Gasteiger partial charge in [-0.05, 0) is 30.2 Å². The second-order valence-electron chi connectivity index (χ2n) is 5.38. The fraction of sp³-hybridized carbons (Fsp3) is 0.250. The van der Waals surface area contributed by atoms with Gasteiger partial charge in [-0.1, -0.05) is 12.1 Å². The molecule has 0 radical (unpaired) electrons. The maximum absolute atomic E-state index is 12.7. The number of aromatic nitrogens is 2. The topological polar surface area (TPSA) is 60.1 Å². The first-order valence-corrected chi connectivity index (χ1v) is 7.17. The SMILES string of the molecule is Cc1cn(CC(=O)NCc2cccc3occc23)nc1C(F)(F)F. The third kappa shape index (κ3) is 3.27. The number of carbonyl (C=O) groups excluding carboxylic acids is 1. The smallest absolute Gasteiger partial charge is 0.435 e. The van der Waals surface area contributed by atoms with Crippen LogP contribution in [0.2, 0.25) is 0 Å². The molecule has 0 unspecified atom stereocenters. The number of amides is 1. The number of hydrogen-bond donors (Lipinski definition) is 1. The van der Waals surface area contributed by atoms with E-state index < -0.39 is 17.8 Å². The summed E-state index contributed by atoms with van der Waals surface area (Å²) in [6.07, 6.45) is -1.76. The van der Waals surface area contributed by atoms with Crippen LogP contribution >= 0.6 is 0 Å². The molecule has 0 fully saturated rings. The lowest BCUT2D eigenvalue weighted by molar-refractivity contribution is -0.142. The molecule has 0 aliphatic rings. The first kappa shape index (κ1) is 16.1. The van der Waals surface area contributed by atoms with E-state index in [0.29, 0.717) is 5.58 Å². The van der Waals surface area contributed by atoms with Crippen LogP contribution < -0.4 is 5.32 Å². The summed E-state index contributed by atoms with van der Waals surface area (Å²) in [5.74, 6) is -0.424. The Kier molecular flexibility index (Phi) is 4.04. The lowest BCUT2D eigenvalue weighted by atomic mass is 10.1. The highest BCUT2D eigenvalue weighted by atomic mass is 19.4. The minimum atomic E-state index is -4.53. The predicted octanol–water partition coefficient (Wildman–Crippen LogP) is 3.27. The van der Waals surface area contributed by atoms with Crippen molar-refractivity contribution in [3.8, 4) is 0 Å². The summed E-state index contributed by atoms with van der Waals surface area (Å²) in [6, 6.07) is 7.26. The summed E-state index contributed by atoms with van der Waals surface area (Å²) < 4.78 is 44.4. The van der Waals surface area contributed by atoms with E-state index in [1.165, 1.54) is 13.1 Å². The number of alkyl halides is 3. The summed E-state index contributed by atoms with van der Waals surface area (Å²) in [5, 5.41) is 6.99. The van der Waals surface area contributed by atoms with Crippen LogP contribution in [0.25, 0.3) is 11.0 Å². The van der Waals surface area contributed by atoms with Gasteiger partial charge in [-0.2, -0.15) is 18.3 Å². The van der Waals surface area contributed by atoms with Crippen molar-refractivity contribution in [3.63, 3.8) is 0 Å². The zero-order valence-corrected chi connectivity index (χ0v) is 12.7. The van der Waals surface area contributed by atoms with Gasteiger partial charge in [0.25, 0.3) is 0 Å². The first-order valence-electron chi connectivity index (χ1n) is 7.17. The number of aryl methyl sites for hydroxylation is 1. The van der Waals surface area contributed by atoms with Crippen LogP contribution in [-0.4, -0.2) is 15.7 Å². The predicted molar refractivity (Wildman–Crippen MR) is 80.0 cm³/mol. The Labute approximate surface area is 135 Å². The molecular weight excluding hydrogens is 323 g/mol. The summed E-state index contributed by atoms with van der Waals surface area (Å²) >= 11 is 0. The van der Waals surface area contributed by atoms with E-state index in [9.17, 15) is 18.0 Å². The van der Waals surface area contributed by atoms with Crippen molar-refractivity contribution in [2.45, 2.75) is 26.2 Å². The Morgan fingerprint density at radius 3 is 2.83 bits per heavy atom. The molecular formula is C16H14F3N3O2. The van der Waals surface area contributed by atoms with Gasteiger partial charge in [0.2, 0.25) is 5.91 Å². The average Bonchev–Trinajstić information content (AvgIpc) is 3.11. The van der Waals surface area contributed by atoms with Crippen molar-refractivity contribution < 1.29 is 22.4 Å². The van der Waals surface area contributed by atoms with Crippen LogP contribution in [0.15, 0.2) is 41.1 Å². The fourth-order valence-corrected chi connectivity index (χ4v) is 2.49. The van der Waals surface area contributed by atoms with Gasteiger partial charge >= 0.3 is 6.18 Å². The molecule has 0 aliphatic heterocycles. The summed E-state index contributed by atoms with van der Waals surface area (Å²) in [4.78, 5) is 12.0. The van der Waals surface area contributed by atoms with Crippen molar-refractivity contribution in [1.82, 2.24) is 15.1 Å². The zero-order valence-electron chi connectivity index (χ0n) is 12.7. The van der Waals surface area contributed by atoms with E-state index in [-0.39, 0.29) is 18.7 Å². The summed E-state index contributed by atoms with van der Waals surface area (Å²) in [7, 11) is 0. The number of fused-ring (bicyclic) bond motifs is 1. The molecule has 0 spiro atoms. The maximum Gasteiger partial charge on any atom is 0.435 e. The minimum Gasteiger partial charge on any atom is -0.464 e. The molecule has 0 saturated carbocycles. The number of furan rings is 1. The Hall–Kier alpha value is -2.77. The van der Waals surface area contributed by atoms with Crippen molar-refractivity contribution in [3.05, 3.63) is 53.5 Å². The van der Waals surface area contributed by atoms with Gasteiger partial charge in [0.15, 0.2) is 5.69 Å². The van der Waals surface area contributed by atoms with E-state index in [0.717, 1.165) is 15.6 Å². The van der Waals surface area contributed by atoms with Gasteiger partial charge in [0.1, 0.15) is 12.1 Å². The number of benzene rings is 1. The Morgan fingerprint density at radius 1 is 1.33 bits per heavy atom. The molecule has 0 saturated heterocycles. The first-order chi connectivity index (χ1) is 11.3. The normalized spacial score (nSPS) is 11.8. The molecule has 2 aromatic heterocycles. The Morgan fingerprint density at radius 2 is 2.12 bits per heavy atom. The molecule has 24 heavy (non-hydrogen) atoms. The molecule has 1 N–H and O–H groups in total. The van der Waals surface area contributed by atoms with E-state index in [1.54, 1.807) is 18.4 Å². The van der Waals surface area contributed by atoms with Crippen LogP contribution in [-0.2, 0) is 24.1 Å². The Bertz CT molecular complexity index is 880. The monoisotopic (exact) mass is 337 g/mol. The highest BCUT2D eigenvalue weighted by molar-refractivity contribution is 5.82. The number of hydrogen-bond acceptors (Lipinski definition) is 3. The second-order valence-corrected chi connectivity index (χ2v) is 5.38. The van der Waals surface area contributed by atoms with E-state index in [1.807, 2.05) is 12.1 Å². The summed E-state index contributed by atoms with van der Waals surface area (Å²) in [5.41, 5.74) is 0.582. The molecule has 3 aromatic rings. The lowest BCUT2D eigenvalue weighted by Gasteiger charge is -2.07. The average molecular weight is 337 g/mol. The van der Waals surface area contributed by atoms with Gasteiger partial charge in [0.05, 0.1) is 6.26 Å². The third-order valence-corrected chi connectivity index (χ3v) is 3.58. The fourth-order valence-electron chi connectivity index (χ4n) is 2.49. The zero-order chi connectivity index (χ0) is 17.3. The second kappa shape index (κ2) is 6.03. The van der Waals surface area contributed by atoms with Crippen molar-refractivity contribution >= 4 is 16.9 Å². The van der Waals surface area contributed by atoms with Crippen LogP contribution in [0.1, 0.15) is 16.8 Å². The number of carbonyl (C=O) groups is 1. The maximum atomic E-state index is 12.7. The highest BCUT2D eigenvalue weighted by Crippen LogP contribution is 2.30. The van der Waals surface area contributed by atoms with Crippen molar-refractivity contribution in [2.75, 3.05) is 0 Å². The highest BCUT2D eigenvalue weighted by Gasteiger charge is 2.36. The number of nitrogens with zero attached hydrogens (tertiary/aromatic N) is 2. The van der Waals surface area contributed by atoms with Crippen LogP contribution in [0.4, 0.5) is 13.2 Å². The molecule has 126 valence electrons. The Balaban J connectivity index is 1.65. The molecule has 2 heterocycles. The van der Waals surface area contributed by atoms with E-state index >= 15 is 0 Å². The number of halogens is 3. The van der Waals surface area contributed by atoms with Gasteiger partial charge in [-0.15, -0.1) is 0 Å². The lowest BCUT2D eigenvalue weighted by Crippen LogP contribution is -2.27. The van der Waals surface area contributed by atoms with Crippen LogP contribution in [0, 0.1) is 6.92 Å². The van der Waals surface area contributed by atoms with Crippen LogP contribution in [0.5, 0.6) is 0 Å². The molecule has 8 heteroatoms. The molecule has 1 aromatic carbocycles.